The Bertz CT molecular complexity index is 1730. The maximum atomic E-state index is 5.87. The number of nitrogens with two attached hydrogens (primary N) is 1. The molecule has 7 rings (SSSR count). The maximum Gasteiger partial charge on any atom is 0.0713 e. The van der Waals surface area contributed by atoms with Crippen molar-refractivity contribution in [2.24, 2.45) is 5.73 Å². The first-order valence-corrected chi connectivity index (χ1v) is 13.5. The summed E-state index contributed by atoms with van der Waals surface area (Å²) in [5.41, 5.74) is 19.4. The van der Waals surface area contributed by atoms with E-state index in [4.69, 9.17) is 5.73 Å². The van der Waals surface area contributed by atoms with E-state index in [2.05, 4.69) is 152 Å². The third-order valence-corrected chi connectivity index (χ3v) is 8.17. The first-order chi connectivity index (χ1) is 19.3. The van der Waals surface area contributed by atoms with Gasteiger partial charge in [0.2, 0.25) is 0 Å². The van der Waals surface area contributed by atoms with Gasteiger partial charge in [0, 0.05) is 6.54 Å². The van der Waals surface area contributed by atoms with Gasteiger partial charge in [-0.3, -0.25) is 0 Å². The van der Waals surface area contributed by atoms with Crippen LogP contribution >= 0.6 is 0 Å². The van der Waals surface area contributed by atoms with Crippen LogP contribution in [0.5, 0.6) is 0 Å². The predicted octanol–water partition coefficient (Wildman–Crippen LogP) is 8.84. The van der Waals surface area contributed by atoms with Gasteiger partial charge in [-0.05, 0) is 73.3 Å². The molecule has 0 unspecified atom stereocenters. The normalized spacial score (nSPS) is 13.1. The van der Waals surface area contributed by atoms with Crippen LogP contribution in [0.15, 0.2) is 152 Å². The minimum absolute atomic E-state index is 0.356. The highest BCUT2D eigenvalue weighted by Gasteiger charge is 2.45. The van der Waals surface area contributed by atoms with E-state index in [1.807, 2.05) is 0 Å². The minimum atomic E-state index is -0.356. The summed E-state index contributed by atoms with van der Waals surface area (Å²) in [5.74, 6) is 0. The summed E-state index contributed by atoms with van der Waals surface area (Å²) in [7, 11) is 0. The minimum Gasteiger partial charge on any atom is -0.326 e. The van der Waals surface area contributed by atoms with E-state index in [1.54, 1.807) is 0 Å². The van der Waals surface area contributed by atoms with Gasteiger partial charge in [0.25, 0.3) is 0 Å². The number of hydrogen-bond acceptors (Lipinski definition) is 1. The molecule has 1 heteroatoms. The lowest BCUT2D eigenvalue weighted by Crippen LogP contribution is -2.28. The molecule has 1 aliphatic rings. The van der Waals surface area contributed by atoms with Crippen molar-refractivity contribution in [3.63, 3.8) is 0 Å². The zero-order valence-corrected chi connectivity index (χ0v) is 21.7. The number of fused-ring (bicyclic) bond motifs is 3. The highest BCUT2D eigenvalue weighted by Crippen LogP contribution is 2.56. The zero-order chi connectivity index (χ0) is 26.2. The quantitative estimate of drug-likeness (QED) is 0.251. The van der Waals surface area contributed by atoms with Gasteiger partial charge in [-0.15, -0.1) is 0 Å². The van der Waals surface area contributed by atoms with Crippen molar-refractivity contribution in [1.29, 1.82) is 0 Å². The molecule has 186 valence electrons. The second-order valence-electron chi connectivity index (χ2n) is 10.3. The fourth-order valence-electron chi connectivity index (χ4n) is 6.36. The monoisotopic (exact) mass is 499 g/mol. The summed E-state index contributed by atoms with van der Waals surface area (Å²) < 4.78 is 0. The van der Waals surface area contributed by atoms with Crippen LogP contribution in [-0.4, -0.2) is 0 Å². The van der Waals surface area contributed by atoms with Crippen LogP contribution in [-0.2, 0) is 12.0 Å². The van der Waals surface area contributed by atoms with Crippen molar-refractivity contribution in [1.82, 2.24) is 0 Å². The van der Waals surface area contributed by atoms with Gasteiger partial charge in [-0.1, -0.05) is 140 Å². The van der Waals surface area contributed by atoms with E-state index >= 15 is 0 Å². The van der Waals surface area contributed by atoms with Crippen LogP contribution in [0.1, 0.15) is 27.8 Å². The number of hydrogen-bond donors (Lipinski definition) is 1. The highest BCUT2D eigenvalue weighted by atomic mass is 14.5. The molecule has 0 radical (unpaired) electrons. The Morgan fingerprint density at radius 3 is 1.59 bits per heavy atom. The molecule has 0 atom stereocenters. The van der Waals surface area contributed by atoms with Crippen LogP contribution < -0.4 is 5.73 Å². The first-order valence-electron chi connectivity index (χ1n) is 13.5. The van der Waals surface area contributed by atoms with Gasteiger partial charge in [0.15, 0.2) is 0 Å². The van der Waals surface area contributed by atoms with Crippen molar-refractivity contribution in [3.05, 3.63) is 179 Å². The van der Waals surface area contributed by atoms with Crippen molar-refractivity contribution < 1.29 is 0 Å². The lowest BCUT2D eigenvalue weighted by atomic mass is 9.67. The molecule has 0 aromatic heterocycles. The summed E-state index contributed by atoms with van der Waals surface area (Å²) in [5, 5.41) is 0. The van der Waals surface area contributed by atoms with Gasteiger partial charge in [0.1, 0.15) is 0 Å². The Labute approximate surface area is 230 Å². The van der Waals surface area contributed by atoms with E-state index in [-0.39, 0.29) is 5.41 Å². The molecule has 6 aromatic carbocycles. The second kappa shape index (κ2) is 9.54. The molecule has 2 N–H and O–H groups in total. The van der Waals surface area contributed by atoms with Crippen molar-refractivity contribution in [2.75, 3.05) is 0 Å². The molecule has 0 saturated carbocycles. The van der Waals surface area contributed by atoms with E-state index in [0.29, 0.717) is 6.54 Å². The smallest absolute Gasteiger partial charge is 0.0713 e. The van der Waals surface area contributed by atoms with Crippen molar-refractivity contribution >= 4 is 0 Å². The van der Waals surface area contributed by atoms with E-state index in [9.17, 15) is 0 Å². The molecular weight excluding hydrogens is 470 g/mol. The Morgan fingerprint density at radius 1 is 0.410 bits per heavy atom. The fourth-order valence-corrected chi connectivity index (χ4v) is 6.36. The largest absolute Gasteiger partial charge is 0.326 e. The number of rotatable bonds is 5. The first kappa shape index (κ1) is 23.4. The molecule has 6 aromatic rings. The van der Waals surface area contributed by atoms with Gasteiger partial charge in [0.05, 0.1) is 5.41 Å². The Balaban J connectivity index is 1.39. The summed E-state index contributed by atoms with van der Waals surface area (Å²) in [4.78, 5) is 0. The molecule has 39 heavy (non-hydrogen) atoms. The van der Waals surface area contributed by atoms with Gasteiger partial charge >= 0.3 is 0 Å². The molecule has 1 nitrogen and oxygen atoms in total. The van der Waals surface area contributed by atoms with Gasteiger partial charge < -0.3 is 5.73 Å². The molecule has 0 bridgehead atoms. The molecule has 0 aliphatic heterocycles. The average Bonchev–Trinajstić information content (AvgIpc) is 3.32. The standard InChI is InChI=1S/C38H29N/c39-26-27-10-9-11-30(24-27)28-18-20-29(21-19-28)31-22-23-37-35(25-31)34-16-7-8-17-36(34)38(37,32-12-3-1-4-13-32)33-14-5-2-6-15-33/h1-25H,26,39H2. The topological polar surface area (TPSA) is 26.0 Å². The van der Waals surface area contributed by atoms with Crippen LogP contribution in [0, 0.1) is 0 Å². The van der Waals surface area contributed by atoms with E-state index in [0.717, 1.165) is 5.56 Å². The van der Waals surface area contributed by atoms with Crippen LogP contribution in [0.4, 0.5) is 0 Å². The van der Waals surface area contributed by atoms with Crippen molar-refractivity contribution in [2.45, 2.75) is 12.0 Å². The molecule has 0 spiro atoms. The third-order valence-electron chi connectivity index (χ3n) is 8.17. The SMILES string of the molecule is NCc1cccc(-c2ccc(-c3ccc4c(c3)-c3ccccc3C4(c3ccccc3)c3ccccc3)cc2)c1. The molecule has 0 saturated heterocycles. The lowest BCUT2D eigenvalue weighted by Gasteiger charge is -2.33. The predicted molar refractivity (Wildman–Crippen MR) is 163 cm³/mol. The molecule has 0 amide bonds. The molecular formula is C38H29N. The Kier molecular flexibility index (Phi) is 5.73. The zero-order valence-electron chi connectivity index (χ0n) is 21.7. The van der Waals surface area contributed by atoms with Crippen LogP contribution in [0.2, 0.25) is 0 Å². The Hall–Kier alpha value is -4.72. The Morgan fingerprint density at radius 2 is 0.949 bits per heavy atom. The van der Waals surface area contributed by atoms with Gasteiger partial charge in [-0.25, -0.2) is 0 Å². The molecule has 0 heterocycles. The highest BCUT2D eigenvalue weighted by molar-refractivity contribution is 5.89. The van der Waals surface area contributed by atoms with Crippen molar-refractivity contribution in [3.8, 4) is 33.4 Å². The summed E-state index contributed by atoms with van der Waals surface area (Å²) in [6, 6.07) is 55.2. The van der Waals surface area contributed by atoms with Crippen LogP contribution in [0.3, 0.4) is 0 Å². The lowest BCUT2D eigenvalue weighted by molar-refractivity contribution is 0.768. The fraction of sp³-hybridized carbons (Fsp3) is 0.0526. The van der Waals surface area contributed by atoms with Crippen LogP contribution in [0.25, 0.3) is 33.4 Å². The molecule has 1 aliphatic carbocycles. The average molecular weight is 500 g/mol. The maximum absolute atomic E-state index is 5.87. The third kappa shape index (κ3) is 3.74. The van der Waals surface area contributed by atoms with Gasteiger partial charge in [-0.2, -0.15) is 0 Å². The summed E-state index contributed by atoms with van der Waals surface area (Å²) in [6.45, 7) is 0.552. The summed E-state index contributed by atoms with van der Waals surface area (Å²) in [6.07, 6.45) is 0. The molecule has 0 fully saturated rings. The summed E-state index contributed by atoms with van der Waals surface area (Å²) >= 11 is 0. The number of benzene rings is 6. The van der Waals surface area contributed by atoms with E-state index < -0.39 is 0 Å². The van der Waals surface area contributed by atoms with E-state index in [1.165, 1.54) is 55.6 Å². The second-order valence-corrected chi connectivity index (χ2v) is 10.3.